The topological polar surface area (TPSA) is 42.4 Å². The van der Waals surface area contributed by atoms with Gasteiger partial charge in [-0.15, -0.1) is 0 Å². The molecule has 25 heavy (non-hydrogen) atoms. The van der Waals surface area contributed by atoms with Crippen molar-refractivity contribution in [2.45, 2.75) is 24.9 Å². The van der Waals surface area contributed by atoms with Crippen molar-refractivity contribution in [3.8, 4) is 0 Å². The van der Waals surface area contributed by atoms with Gasteiger partial charge in [0.1, 0.15) is 5.60 Å². The van der Waals surface area contributed by atoms with Crippen molar-refractivity contribution in [1.82, 2.24) is 9.88 Å². The van der Waals surface area contributed by atoms with Gasteiger partial charge >= 0.3 is 5.97 Å². The average molecular weight is 355 g/mol. The first-order valence-electron chi connectivity index (χ1n) is 8.48. The van der Waals surface area contributed by atoms with Gasteiger partial charge in [0.15, 0.2) is 0 Å². The number of hydrogen-bond acceptors (Lipinski definition) is 4. The lowest BCUT2D eigenvalue weighted by Gasteiger charge is -2.33. The maximum Gasteiger partial charge on any atom is 0.338 e. The lowest BCUT2D eigenvalue weighted by molar-refractivity contribution is -0.0270. The van der Waals surface area contributed by atoms with E-state index in [4.69, 9.17) is 16.3 Å². The number of benzene rings is 1. The minimum atomic E-state index is -0.428. The van der Waals surface area contributed by atoms with Crippen LogP contribution in [-0.2, 0) is 4.74 Å². The number of hydrogen-bond donors (Lipinski definition) is 0. The fourth-order valence-corrected chi connectivity index (χ4v) is 3.81. The summed E-state index contributed by atoms with van der Waals surface area (Å²) in [6, 6.07) is 10.8. The molecule has 1 aromatic carbocycles. The number of esters is 1. The second-order valence-corrected chi connectivity index (χ2v) is 7.14. The van der Waals surface area contributed by atoms with Crippen LogP contribution in [-0.4, -0.2) is 34.5 Å². The van der Waals surface area contributed by atoms with Gasteiger partial charge in [0.05, 0.1) is 12.1 Å². The highest BCUT2D eigenvalue weighted by Gasteiger charge is 2.46. The summed E-state index contributed by atoms with van der Waals surface area (Å²) < 4.78 is 5.98. The third-order valence-electron chi connectivity index (χ3n) is 4.86. The Bertz CT molecular complexity index is 804. The van der Waals surface area contributed by atoms with E-state index in [0.29, 0.717) is 10.6 Å². The van der Waals surface area contributed by atoms with Crippen LogP contribution in [0.3, 0.4) is 0 Å². The van der Waals surface area contributed by atoms with Crippen LogP contribution in [0.15, 0.2) is 54.5 Å². The van der Waals surface area contributed by atoms with Crippen LogP contribution in [0, 0.1) is 0 Å². The predicted molar refractivity (Wildman–Crippen MR) is 97.2 cm³/mol. The van der Waals surface area contributed by atoms with E-state index in [2.05, 4.69) is 16.0 Å². The molecule has 1 unspecified atom stereocenters. The first-order valence-corrected chi connectivity index (χ1v) is 8.86. The molecule has 1 atom stereocenters. The SMILES string of the molecule is O=C(OC12CCCN(C1)/C(=C/c1cccnc1)C2)c1ccc(Cl)cc1. The minimum Gasteiger partial charge on any atom is -0.453 e. The summed E-state index contributed by atoms with van der Waals surface area (Å²) in [5.41, 5.74) is 2.41. The average Bonchev–Trinajstić information content (AvgIpc) is 2.85. The minimum absolute atomic E-state index is 0.277. The van der Waals surface area contributed by atoms with Gasteiger partial charge in [0, 0.05) is 36.1 Å². The number of nitrogens with zero attached hydrogens (tertiary/aromatic N) is 2. The Kier molecular flexibility index (Phi) is 4.22. The highest BCUT2D eigenvalue weighted by Crippen LogP contribution is 2.41. The molecule has 4 rings (SSSR count). The summed E-state index contributed by atoms with van der Waals surface area (Å²) >= 11 is 5.89. The number of carbonyl (C=O) groups is 1. The summed E-state index contributed by atoms with van der Waals surface area (Å²) in [5.74, 6) is -0.277. The van der Waals surface area contributed by atoms with Gasteiger partial charge in [-0.05, 0) is 54.8 Å². The molecular formula is C20H19ClN2O2. The predicted octanol–water partition coefficient (Wildman–Crippen LogP) is 4.17. The smallest absolute Gasteiger partial charge is 0.338 e. The number of fused-ring (bicyclic) bond motifs is 2. The summed E-state index contributed by atoms with van der Waals surface area (Å²) in [5, 5.41) is 0.612. The molecule has 0 amide bonds. The normalized spacial score (nSPS) is 23.7. The van der Waals surface area contributed by atoms with Crippen LogP contribution in [0.5, 0.6) is 0 Å². The van der Waals surface area contributed by atoms with E-state index < -0.39 is 5.60 Å². The zero-order valence-corrected chi connectivity index (χ0v) is 14.6. The zero-order valence-electron chi connectivity index (χ0n) is 13.8. The number of halogens is 1. The molecule has 2 bridgehead atoms. The highest BCUT2D eigenvalue weighted by molar-refractivity contribution is 6.30. The highest BCUT2D eigenvalue weighted by atomic mass is 35.5. The van der Waals surface area contributed by atoms with Crippen LogP contribution in [0.1, 0.15) is 35.2 Å². The van der Waals surface area contributed by atoms with Crippen molar-refractivity contribution >= 4 is 23.6 Å². The van der Waals surface area contributed by atoms with Gasteiger partial charge < -0.3 is 9.64 Å². The van der Waals surface area contributed by atoms with Gasteiger partial charge in [0.2, 0.25) is 0 Å². The number of rotatable bonds is 3. The van der Waals surface area contributed by atoms with Gasteiger partial charge in [-0.1, -0.05) is 17.7 Å². The largest absolute Gasteiger partial charge is 0.453 e. The van der Waals surface area contributed by atoms with Crippen LogP contribution < -0.4 is 0 Å². The summed E-state index contributed by atoms with van der Waals surface area (Å²) in [6.07, 6.45) is 8.44. The molecule has 2 aliphatic rings. The van der Waals surface area contributed by atoms with Crippen molar-refractivity contribution in [3.63, 3.8) is 0 Å². The van der Waals surface area contributed by atoms with Gasteiger partial charge in [-0.3, -0.25) is 4.98 Å². The van der Waals surface area contributed by atoms with Crippen molar-refractivity contribution in [1.29, 1.82) is 0 Å². The standard InChI is InChI=1S/C20H19ClN2O2/c21-17-6-4-16(5-7-17)19(24)25-20-8-2-10-23(14-20)18(12-20)11-15-3-1-9-22-13-15/h1,3-7,9,11,13H,2,8,10,12,14H2/b18-11+. The molecule has 2 aromatic rings. The van der Waals surface area contributed by atoms with Gasteiger partial charge in [0.25, 0.3) is 0 Å². The Morgan fingerprint density at radius 3 is 2.88 bits per heavy atom. The molecule has 0 radical (unpaired) electrons. The van der Waals surface area contributed by atoms with Crippen molar-refractivity contribution < 1.29 is 9.53 Å². The molecule has 128 valence electrons. The first kappa shape index (κ1) is 16.2. The number of piperidine rings is 1. The van der Waals surface area contributed by atoms with Crippen LogP contribution in [0.2, 0.25) is 5.02 Å². The number of carbonyl (C=O) groups excluding carboxylic acids is 1. The van der Waals surface area contributed by atoms with Crippen LogP contribution >= 0.6 is 11.6 Å². The summed E-state index contributed by atoms with van der Waals surface area (Å²) in [6.45, 7) is 1.77. The van der Waals surface area contributed by atoms with E-state index in [1.807, 2.05) is 18.3 Å². The molecule has 0 N–H and O–H groups in total. The Morgan fingerprint density at radius 2 is 2.12 bits per heavy atom. The third kappa shape index (κ3) is 3.40. The fourth-order valence-electron chi connectivity index (χ4n) is 3.69. The second kappa shape index (κ2) is 6.52. The van der Waals surface area contributed by atoms with E-state index in [0.717, 1.165) is 37.9 Å². The Morgan fingerprint density at radius 1 is 1.28 bits per heavy atom. The maximum absolute atomic E-state index is 12.6. The lowest BCUT2D eigenvalue weighted by atomic mass is 9.94. The number of pyridine rings is 1. The third-order valence-corrected chi connectivity index (χ3v) is 5.11. The van der Waals surface area contributed by atoms with Crippen molar-refractivity contribution in [3.05, 3.63) is 70.6 Å². The van der Waals surface area contributed by atoms with E-state index in [-0.39, 0.29) is 5.97 Å². The van der Waals surface area contributed by atoms with Crippen molar-refractivity contribution in [2.24, 2.45) is 0 Å². The molecule has 4 nitrogen and oxygen atoms in total. The molecular weight excluding hydrogens is 336 g/mol. The van der Waals surface area contributed by atoms with Gasteiger partial charge in [-0.25, -0.2) is 4.79 Å². The Labute approximate surface area is 152 Å². The first-order chi connectivity index (χ1) is 12.1. The van der Waals surface area contributed by atoms with Crippen LogP contribution in [0.4, 0.5) is 0 Å². The molecule has 0 spiro atoms. The molecule has 2 fully saturated rings. The molecule has 0 saturated carbocycles. The molecule has 0 aliphatic carbocycles. The van der Waals surface area contributed by atoms with E-state index in [1.54, 1.807) is 30.5 Å². The van der Waals surface area contributed by atoms with Crippen LogP contribution in [0.25, 0.3) is 6.08 Å². The van der Waals surface area contributed by atoms with E-state index in [9.17, 15) is 4.79 Å². The number of ether oxygens (including phenoxy) is 1. The molecule has 1 aromatic heterocycles. The zero-order chi connectivity index (χ0) is 17.3. The number of aromatic nitrogens is 1. The maximum atomic E-state index is 12.6. The molecule has 2 aliphatic heterocycles. The molecule has 5 heteroatoms. The molecule has 2 saturated heterocycles. The molecule has 3 heterocycles. The second-order valence-electron chi connectivity index (χ2n) is 6.70. The van der Waals surface area contributed by atoms with E-state index >= 15 is 0 Å². The van der Waals surface area contributed by atoms with Crippen molar-refractivity contribution in [2.75, 3.05) is 13.1 Å². The lowest BCUT2D eigenvalue weighted by Crippen LogP contribution is -2.42. The summed E-state index contributed by atoms with van der Waals surface area (Å²) in [4.78, 5) is 19.0. The van der Waals surface area contributed by atoms with E-state index in [1.165, 1.54) is 5.70 Å². The fraction of sp³-hybridized carbons (Fsp3) is 0.300. The monoisotopic (exact) mass is 354 g/mol. The Balaban J connectivity index is 1.54. The summed E-state index contributed by atoms with van der Waals surface area (Å²) in [7, 11) is 0. The van der Waals surface area contributed by atoms with Gasteiger partial charge in [-0.2, -0.15) is 0 Å². The Hall–Kier alpha value is -2.33. The quantitative estimate of drug-likeness (QED) is 0.776.